The summed E-state index contributed by atoms with van der Waals surface area (Å²) in [5.74, 6) is 0.625. The van der Waals surface area contributed by atoms with Gasteiger partial charge in [-0.25, -0.2) is 4.98 Å². The Morgan fingerprint density at radius 3 is 3.05 bits per heavy atom. The first-order chi connectivity index (χ1) is 9.69. The van der Waals surface area contributed by atoms with Crippen molar-refractivity contribution in [1.82, 2.24) is 9.88 Å². The van der Waals surface area contributed by atoms with E-state index in [0.29, 0.717) is 19.5 Å². The molecule has 1 saturated heterocycles. The number of methoxy groups -OCH3 is 1. The van der Waals surface area contributed by atoms with E-state index in [2.05, 4.69) is 9.88 Å². The van der Waals surface area contributed by atoms with Crippen LogP contribution in [0.2, 0.25) is 0 Å². The van der Waals surface area contributed by atoms with Gasteiger partial charge in [0.25, 0.3) is 0 Å². The molecule has 1 atom stereocenters. The first kappa shape index (κ1) is 15.0. The summed E-state index contributed by atoms with van der Waals surface area (Å²) in [5.41, 5.74) is 0.910. The number of nitrogens with zero attached hydrogens (tertiary/aromatic N) is 2. The van der Waals surface area contributed by atoms with Gasteiger partial charge in [-0.15, -0.1) is 0 Å². The molecule has 0 saturated carbocycles. The predicted octanol–water partition coefficient (Wildman–Crippen LogP) is 1.53. The molecular formula is C14H22N2O4. The number of rotatable bonds is 7. The Labute approximate surface area is 119 Å². The second kappa shape index (κ2) is 7.40. The van der Waals surface area contributed by atoms with Crippen molar-refractivity contribution >= 4 is 5.97 Å². The Morgan fingerprint density at radius 1 is 1.60 bits per heavy atom. The van der Waals surface area contributed by atoms with Gasteiger partial charge in [0.05, 0.1) is 25.3 Å². The second-order valence-electron chi connectivity index (χ2n) is 5.05. The Morgan fingerprint density at radius 2 is 2.45 bits per heavy atom. The fourth-order valence-corrected chi connectivity index (χ4v) is 2.35. The third kappa shape index (κ3) is 4.31. The molecular weight excluding hydrogens is 260 g/mol. The molecule has 1 fully saturated rings. The van der Waals surface area contributed by atoms with Crippen LogP contribution >= 0.6 is 0 Å². The number of aryl methyl sites for hydroxylation is 1. The van der Waals surface area contributed by atoms with Gasteiger partial charge >= 0.3 is 5.97 Å². The van der Waals surface area contributed by atoms with Crippen molar-refractivity contribution in [1.29, 1.82) is 0 Å². The Bertz CT molecular complexity index is 427. The Balaban J connectivity index is 1.91. The lowest BCUT2D eigenvalue weighted by Crippen LogP contribution is -2.34. The first-order valence-corrected chi connectivity index (χ1v) is 6.98. The molecule has 2 heterocycles. The molecule has 0 N–H and O–H groups in total. The van der Waals surface area contributed by atoms with Gasteiger partial charge < -0.3 is 13.9 Å². The highest BCUT2D eigenvalue weighted by molar-refractivity contribution is 5.69. The van der Waals surface area contributed by atoms with Crippen LogP contribution in [0.4, 0.5) is 0 Å². The van der Waals surface area contributed by atoms with Crippen molar-refractivity contribution in [2.75, 3.05) is 26.8 Å². The minimum absolute atomic E-state index is 0.195. The van der Waals surface area contributed by atoms with Crippen molar-refractivity contribution in [3.05, 3.63) is 17.8 Å². The van der Waals surface area contributed by atoms with E-state index >= 15 is 0 Å². The summed E-state index contributed by atoms with van der Waals surface area (Å²) >= 11 is 0. The topological polar surface area (TPSA) is 64.8 Å². The quantitative estimate of drug-likeness (QED) is 0.707. The van der Waals surface area contributed by atoms with Gasteiger partial charge in [-0.2, -0.15) is 0 Å². The second-order valence-corrected chi connectivity index (χ2v) is 5.05. The average molecular weight is 282 g/mol. The lowest BCUT2D eigenvalue weighted by molar-refractivity contribution is -0.141. The number of esters is 1. The SMILES string of the molecule is COC(=O)CCN(Cc1ncoc1C)CC1CCCO1. The van der Waals surface area contributed by atoms with Crippen LogP contribution in [0.5, 0.6) is 0 Å². The summed E-state index contributed by atoms with van der Waals surface area (Å²) in [6.45, 7) is 4.84. The van der Waals surface area contributed by atoms with Crippen molar-refractivity contribution in [2.45, 2.75) is 38.8 Å². The molecule has 1 aliphatic rings. The Kier molecular flexibility index (Phi) is 5.55. The average Bonchev–Trinajstić information content (AvgIpc) is 3.08. The van der Waals surface area contributed by atoms with Crippen LogP contribution in [0, 0.1) is 6.92 Å². The molecule has 0 bridgehead atoms. The molecule has 0 spiro atoms. The van der Waals surface area contributed by atoms with Crippen LogP contribution in [0.25, 0.3) is 0 Å². The van der Waals surface area contributed by atoms with Gasteiger partial charge in [-0.05, 0) is 19.8 Å². The number of hydrogen-bond donors (Lipinski definition) is 0. The maximum atomic E-state index is 11.3. The van der Waals surface area contributed by atoms with Crippen LogP contribution in [0.15, 0.2) is 10.8 Å². The number of carbonyl (C=O) groups is 1. The highest BCUT2D eigenvalue weighted by atomic mass is 16.5. The van der Waals surface area contributed by atoms with Crippen LogP contribution in [-0.2, 0) is 20.8 Å². The fourth-order valence-electron chi connectivity index (χ4n) is 2.35. The monoisotopic (exact) mass is 282 g/mol. The van der Waals surface area contributed by atoms with Crippen molar-refractivity contribution < 1.29 is 18.7 Å². The molecule has 0 radical (unpaired) electrons. The lowest BCUT2D eigenvalue weighted by atomic mass is 10.2. The molecule has 1 aromatic rings. The lowest BCUT2D eigenvalue weighted by Gasteiger charge is -2.24. The molecule has 1 aliphatic heterocycles. The minimum atomic E-state index is -0.195. The maximum Gasteiger partial charge on any atom is 0.306 e. The summed E-state index contributed by atoms with van der Waals surface area (Å²) in [6, 6.07) is 0. The largest absolute Gasteiger partial charge is 0.469 e. The number of carbonyl (C=O) groups excluding carboxylic acids is 1. The van der Waals surface area contributed by atoms with E-state index in [1.165, 1.54) is 13.5 Å². The third-order valence-electron chi connectivity index (χ3n) is 3.56. The molecule has 1 unspecified atom stereocenters. The van der Waals surface area contributed by atoms with Crippen LogP contribution in [-0.4, -0.2) is 48.8 Å². The van der Waals surface area contributed by atoms with E-state index in [4.69, 9.17) is 13.9 Å². The number of hydrogen-bond acceptors (Lipinski definition) is 6. The van der Waals surface area contributed by atoms with Gasteiger partial charge in [0.15, 0.2) is 6.39 Å². The molecule has 112 valence electrons. The molecule has 20 heavy (non-hydrogen) atoms. The first-order valence-electron chi connectivity index (χ1n) is 6.98. The van der Waals surface area contributed by atoms with E-state index in [1.54, 1.807) is 0 Å². The number of ether oxygens (including phenoxy) is 2. The minimum Gasteiger partial charge on any atom is -0.469 e. The van der Waals surface area contributed by atoms with Crippen molar-refractivity contribution in [2.24, 2.45) is 0 Å². The van der Waals surface area contributed by atoms with E-state index in [9.17, 15) is 4.79 Å². The van der Waals surface area contributed by atoms with E-state index in [1.807, 2.05) is 6.92 Å². The standard InChI is InChI=1S/C14H22N2O4/c1-11-13(15-10-20-11)9-16(6-5-14(17)18-2)8-12-4-3-7-19-12/h10,12H,3-9H2,1-2H3. The third-order valence-corrected chi connectivity index (χ3v) is 3.56. The zero-order valence-corrected chi connectivity index (χ0v) is 12.1. The van der Waals surface area contributed by atoms with Crippen molar-refractivity contribution in [3.63, 3.8) is 0 Å². The molecule has 0 aromatic carbocycles. The number of oxazole rings is 1. The van der Waals surface area contributed by atoms with Gasteiger partial charge in [0, 0.05) is 26.2 Å². The highest BCUT2D eigenvalue weighted by Crippen LogP contribution is 2.16. The zero-order valence-electron chi connectivity index (χ0n) is 12.1. The molecule has 6 nitrogen and oxygen atoms in total. The summed E-state index contributed by atoms with van der Waals surface area (Å²) in [6.07, 6.45) is 4.26. The van der Waals surface area contributed by atoms with Gasteiger partial charge in [-0.3, -0.25) is 9.69 Å². The fraction of sp³-hybridized carbons (Fsp3) is 0.714. The van der Waals surface area contributed by atoms with Crippen LogP contribution in [0.3, 0.4) is 0 Å². The number of aromatic nitrogens is 1. The maximum absolute atomic E-state index is 11.3. The Hall–Kier alpha value is -1.40. The molecule has 0 amide bonds. The molecule has 2 rings (SSSR count). The van der Waals surface area contributed by atoms with E-state index in [0.717, 1.165) is 37.4 Å². The van der Waals surface area contributed by atoms with E-state index < -0.39 is 0 Å². The normalized spacial score (nSPS) is 18.6. The highest BCUT2D eigenvalue weighted by Gasteiger charge is 2.21. The molecule has 1 aromatic heterocycles. The molecule has 6 heteroatoms. The van der Waals surface area contributed by atoms with E-state index in [-0.39, 0.29) is 12.1 Å². The zero-order chi connectivity index (χ0) is 14.4. The van der Waals surface area contributed by atoms with Crippen molar-refractivity contribution in [3.8, 4) is 0 Å². The predicted molar refractivity (Wildman–Crippen MR) is 72.1 cm³/mol. The summed E-state index contributed by atoms with van der Waals surface area (Å²) in [4.78, 5) is 17.7. The summed E-state index contributed by atoms with van der Waals surface area (Å²) < 4.78 is 15.6. The smallest absolute Gasteiger partial charge is 0.306 e. The summed E-state index contributed by atoms with van der Waals surface area (Å²) in [7, 11) is 1.41. The van der Waals surface area contributed by atoms with Crippen LogP contribution < -0.4 is 0 Å². The van der Waals surface area contributed by atoms with Gasteiger partial charge in [-0.1, -0.05) is 0 Å². The van der Waals surface area contributed by atoms with Gasteiger partial charge in [0.1, 0.15) is 5.76 Å². The van der Waals surface area contributed by atoms with Gasteiger partial charge in [0.2, 0.25) is 0 Å². The summed E-state index contributed by atoms with van der Waals surface area (Å²) in [5, 5.41) is 0. The van der Waals surface area contributed by atoms with Crippen LogP contribution in [0.1, 0.15) is 30.7 Å². The molecule has 0 aliphatic carbocycles.